The first-order valence-electron chi connectivity index (χ1n) is 13.8. The van der Waals surface area contributed by atoms with Gasteiger partial charge in [-0.25, -0.2) is 9.98 Å². The van der Waals surface area contributed by atoms with Crippen molar-refractivity contribution in [2.75, 3.05) is 0 Å². The number of nitrogens with zero attached hydrogens (tertiary/aromatic N) is 2. The summed E-state index contributed by atoms with van der Waals surface area (Å²) in [6.07, 6.45) is -0.341. The lowest BCUT2D eigenvalue weighted by Crippen LogP contribution is -2.36. The molecule has 6 aromatic carbocycles. The smallest absolute Gasteiger partial charge is 0.169 e. The number of fused-ring (bicyclic) bond motifs is 4. The monoisotopic (exact) mass is 543 g/mol. The van der Waals surface area contributed by atoms with E-state index < -0.39 is 0 Å². The van der Waals surface area contributed by atoms with Crippen LogP contribution >= 0.6 is 11.3 Å². The van der Waals surface area contributed by atoms with Crippen molar-refractivity contribution in [1.82, 2.24) is 5.32 Å². The van der Waals surface area contributed by atoms with Crippen molar-refractivity contribution in [2.24, 2.45) is 9.98 Å². The summed E-state index contributed by atoms with van der Waals surface area (Å²) in [5, 5.41) is 8.61. The molecule has 41 heavy (non-hydrogen) atoms. The van der Waals surface area contributed by atoms with Gasteiger partial charge >= 0.3 is 0 Å². The molecule has 0 radical (unpaired) electrons. The number of hydrogen-bond donors (Lipinski definition) is 1. The van der Waals surface area contributed by atoms with Crippen molar-refractivity contribution in [1.29, 1.82) is 0 Å². The molecular formula is C37H25N3S. The van der Waals surface area contributed by atoms with Crippen LogP contribution in [0.3, 0.4) is 0 Å². The molecule has 1 aromatic heterocycles. The fraction of sp³-hybridized carbons (Fsp3) is 0.0270. The van der Waals surface area contributed by atoms with E-state index in [-0.39, 0.29) is 6.17 Å². The Kier molecular flexibility index (Phi) is 5.71. The average molecular weight is 544 g/mol. The van der Waals surface area contributed by atoms with E-state index in [1.807, 2.05) is 17.4 Å². The molecule has 0 aliphatic carbocycles. The Morgan fingerprint density at radius 3 is 2.02 bits per heavy atom. The van der Waals surface area contributed by atoms with E-state index in [0.29, 0.717) is 0 Å². The summed E-state index contributed by atoms with van der Waals surface area (Å²) in [7, 11) is 0. The van der Waals surface area contributed by atoms with E-state index in [0.717, 1.165) is 28.4 Å². The number of thiophene rings is 1. The van der Waals surface area contributed by atoms with E-state index in [9.17, 15) is 0 Å². The first kappa shape index (κ1) is 23.8. The maximum absolute atomic E-state index is 5.18. The van der Waals surface area contributed by atoms with Gasteiger partial charge in [-0.2, -0.15) is 0 Å². The largest absolute Gasteiger partial charge is 0.324 e. The van der Waals surface area contributed by atoms with Crippen molar-refractivity contribution in [3.8, 4) is 11.1 Å². The van der Waals surface area contributed by atoms with Gasteiger partial charge in [-0.1, -0.05) is 115 Å². The molecule has 0 saturated heterocycles. The highest BCUT2D eigenvalue weighted by atomic mass is 32.1. The molecule has 0 amide bonds. The Hall–Kier alpha value is -5.06. The predicted octanol–water partition coefficient (Wildman–Crippen LogP) is 9.37. The molecule has 0 bridgehead atoms. The third-order valence-electron chi connectivity index (χ3n) is 7.70. The second-order valence-corrected chi connectivity index (χ2v) is 11.4. The quantitative estimate of drug-likeness (QED) is 0.236. The fourth-order valence-electron chi connectivity index (χ4n) is 5.69. The van der Waals surface area contributed by atoms with Gasteiger partial charge in [0.25, 0.3) is 0 Å². The van der Waals surface area contributed by atoms with E-state index in [1.54, 1.807) is 0 Å². The summed E-state index contributed by atoms with van der Waals surface area (Å²) in [6.45, 7) is 0. The van der Waals surface area contributed by atoms with E-state index in [4.69, 9.17) is 9.98 Å². The SMILES string of the molecule is c1ccc(-c2cc(C3=NC(c4ccccc4)N=C(c4ccc5ccccc5c4)N3)cc3sc4ccccc4c23)cc1. The molecule has 194 valence electrons. The number of rotatable bonds is 4. The molecule has 1 unspecified atom stereocenters. The normalized spacial score (nSPS) is 15.1. The summed E-state index contributed by atoms with van der Waals surface area (Å²) in [4.78, 5) is 10.3. The highest BCUT2D eigenvalue weighted by Gasteiger charge is 2.22. The predicted molar refractivity (Wildman–Crippen MR) is 174 cm³/mol. The van der Waals surface area contributed by atoms with Gasteiger partial charge in [0, 0.05) is 31.3 Å². The van der Waals surface area contributed by atoms with Crippen LogP contribution in [0.25, 0.3) is 42.1 Å². The minimum absolute atomic E-state index is 0.341. The fourth-order valence-corrected chi connectivity index (χ4v) is 6.86. The van der Waals surface area contributed by atoms with Crippen LogP contribution in [0.2, 0.25) is 0 Å². The van der Waals surface area contributed by atoms with Crippen LogP contribution in [0.1, 0.15) is 22.9 Å². The lowest BCUT2D eigenvalue weighted by molar-refractivity contribution is 0.756. The van der Waals surface area contributed by atoms with Crippen molar-refractivity contribution >= 4 is 54.0 Å². The number of aliphatic imine (C=N–C) groups is 2. The first-order chi connectivity index (χ1) is 20.3. The van der Waals surface area contributed by atoms with Gasteiger partial charge in [-0.05, 0) is 51.7 Å². The van der Waals surface area contributed by atoms with E-state index in [1.165, 1.54) is 42.1 Å². The molecule has 8 rings (SSSR count). The van der Waals surface area contributed by atoms with Gasteiger partial charge in [0.2, 0.25) is 0 Å². The second kappa shape index (κ2) is 9.84. The summed E-state index contributed by atoms with van der Waals surface area (Å²) < 4.78 is 2.54. The Bertz CT molecular complexity index is 2120. The number of amidine groups is 2. The maximum atomic E-state index is 5.18. The Morgan fingerprint density at radius 1 is 0.512 bits per heavy atom. The topological polar surface area (TPSA) is 36.8 Å². The lowest BCUT2D eigenvalue weighted by Gasteiger charge is -2.23. The summed E-state index contributed by atoms with van der Waals surface area (Å²) in [6, 6.07) is 49.2. The molecule has 1 N–H and O–H groups in total. The van der Waals surface area contributed by atoms with Crippen LogP contribution in [0.5, 0.6) is 0 Å². The van der Waals surface area contributed by atoms with Crippen LogP contribution in [0, 0.1) is 0 Å². The molecular weight excluding hydrogens is 518 g/mol. The van der Waals surface area contributed by atoms with Crippen molar-refractivity contribution in [2.45, 2.75) is 6.17 Å². The van der Waals surface area contributed by atoms with Gasteiger partial charge < -0.3 is 5.32 Å². The third-order valence-corrected chi connectivity index (χ3v) is 8.81. The van der Waals surface area contributed by atoms with Crippen LogP contribution in [-0.4, -0.2) is 11.7 Å². The Morgan fingerprint density at radius 2 is 1.20 bits per heavy atom. The second-order valence-electron chi connectivity index (χ2n) is 10.3. The van der Waals surface area contributed by atoms with Crippen molar-refractivity contribution < 1.29 is 0 Å². The third kappa shape index (κ3) is 4.30. The first-order valence-corrected chi connectivity index (χ1v) is 14.6. The molecule has 1 aliphatic rings. The molecule has 7 aromatic rings. The van der Waals surface area contributed by atoms with Gasteiger partial charge in [0.1, 0.15) is 11.7 Å². The molecule has 0 saturated carbocycles. The van der Waals surface area contributed by atoms with E-state index in [2.05, 4.69) is 139 Å². The van der Waals surface area contributed by atoms with E-state index >= 15 is 0 Å². The number of hydrogen-bond acceptors (Lipinski definition) is 4. The van der Waals surface area contributed by atoms with Gasteiger partial charge in [0.15, 0.2) is 6.17 Å². The van der Waals surface area contributed by atoms with Crippen LogP contribution in [0.15, 0.2) is 150 Å². The molecule has 4 heteroatoms. The van der Waals surface area contributed by atoms with Gasteiger partial charge in [0.05, 0.1) is 0 Å². The standard InChI is InChI=1S/C37H25N3S/c1-3-12-25(13-4-1)31-22-29(23-33-34(31)30-17-9-10-18-32(30)41-33)37-39-35(26-14-5-2-6-15-26)38-36(40-37)28-20-19-24-11-7-8-16-27(24)21-28/h1-23,35H,(H,38,39,40). The zero-order valence-corrected chi connectivity index (χ0v) is 23.0. The Labute approximate surface area is 242 Å². The maximum Gasteiger partial charge on any atom is 0.169 e. The molecule has 1 aliphatic heterocycles. The highest BCUT2D eigenvalue weighted by molar-refractivity contribution is 7.26. The number of benzene rings is 6. The van der Waals surface area contributed by atoms with Gasteiger partial charge in [-0.15, -0.1) is 11.3 Å². The average Bonchev–Trinajstić information content (AvgIpc) is 3.43. The van der Waals surface area contributed by atoms with Gasteiger partial charge in [-0.3, -0.25) is 0 Å². The molecule has 3 nitrogen and oxygen atoms in total. The van der Waals surface area contributed by atoms with Crippen molar-refractivity contribution in [3.05, 3.63) is 156 Å². The minimum atomic E-state index is -0.341. The summed E-state index contributed by atoms with van der Waals surface area (Å²) in [5.74, 6) is 1.65. The molecule has 1 atom stereocenters. The Balaban J connectivity index is 1.32. The van der Waals surface area contributed by atoms with Crippen LogP contribution < -0.4 is 5.32 Å². The molecule has 0 fully saturated rings. The lowest BCUT2D eigenvalue weighted by atomic mass is 9.96. The minimum Gasteiger partial charge on any atom is -0.324 e. The zero-order chi connectivity index (χ0) is 27.2. The van der Waals surface area contributed by atoms with Crippen molar-refractivity contribution in [3.63, 3.8) is 0 Å². The summed E-state index contributed by atoms with van der Waals surface area (Å²) in [5.41, 5.74) is 5.57. The highest BCUT2D eigenvalue weighted by Crippen LogP contribution is 2.41. The molecule has 2 heterocycles. The molecule has 0 spiro atoms. The van der Waals surface area contributed by atoms with Crippen LogP contribution in [0.4, 0.5) is 0 Å². The number of nitrogens with one attached hydrogen (secondary N) is 1. The zero-order valence-electron chi connectivity index (χ0n) is 22.2. The summed E-state index contributed by atoms with van der Waals surface area (Å²) >= 11 is 1.83. The van der Waals surface area contributed by atoms with Crippen LogP contribution in [-0.2, 0) is 0 Å².